The smallest absolute Gasteiger partial charge is 0.240 e. The normalized spacial score (nSPS) is 12.7. The number of aromatic nitrogens is 2. The Morgan fingerprint density at radius 1 is 0.844 bits per heavy atom. The molecule has 6 nitrogen and oxygen atoms in total. The number of benzene rings is 2. The van der Waals surface area contributed by atoms with Gasteiger partial charge in [0.1, 0.15) is 0 Å². The standard InChI is InChI=1S/C25H26N4O2S/c1-19(29-32(30,31)25-7-6-24-18-28-15-11-23(24)16-25)17-27-12-8-20-2-4-21(5-3-20)22-9-13-26-14-10-22/h2-7,9-11,13-16,18-19,27,29H,8,12,17H2,1H3/t19-/m1/s1. The second kappa shape index (κ2) is 9.99. The lowest BCUT2D eigenvalue weighted by atomic mass is 10.0. The molecule has 0 saturated carbocycles. The van der Waals surface area contributed by atoms with Gasteiger partial charge in [-0.2, -0.15) is 0 Å². The third kappa shape index (κ3) is 5.56. The SMILES string of the molecule is C[C@H](CNCCc1ccc(-c2ccncc2)cc1)NS(=O)(=O)c1ccc2cnccc2c1. The van der Waals surface area contributed by atoms with E-state index < -0.39 is 10.0 Å². The minimum absolute atomic E-state index is 0.234. The van der Waals surface area contributed by atoms with Gasteiger partial charge in [0.2, 0.25) is 10.0 Å². The van der Waals surface area contributed by atoms with Crippen molar-refractivity contribution in [2.75, 3.05) is 13.1 Å². The van der Waals surface area contributed by atoms with Crippen LogP contribution in [0.3, 0.4) is 0 Å². The highest BCUT2D eigenvalue weighted by Crippen LogP contribution is 2.19. The fourth-order valence-electron chi connectivity index (χ4n) is 3.56. The number of sulfonamides is 1. The van der Waals surface area contributed by atoms with Crippen LogP contribution in [0.2, 0.25) is 0 Å². The van der Waals surface area contributed by atoms with E-state index in [0.717, 1.165) is 34.9 Å². The van der Waals surface area contributed by atoms with Gasteiger partial charge in [0.05, 0.1) is 4.90 Å². The lowest BCUT2D eigenvalue weighted by molar-refractivity contribution is 0.537. The molecule has 0 aliphatic rings. The Bertz CT molecular complexity index is 1280. The molecular weight excluding hydrogens is 420 g/mol. The Labute approximate surface area is 188 Å². The van der Waals surface area contributed by atoms with Gasteiger partial charge < -0.3 is 5.32 Å². The van der Waals surface area contributed by atoms with Crippen LogP contribution >= 0.6 is 0 Å². The summed E-state index contributed by atoms with van der Waals surface area (Å²) in [6.07, 6.45) is 7.83. The molecule has 2 heterocycles. The summed E-state index contributed by atoms with van der Waals surface area (Å²) in [4.78, 5) is 8.37. The van der Waals surface area contributed by atoms with Crippen LogP contribution in [-0.4, -0.2) is 37.5 Å². The summed E-state index contributed by atoms with van der Waals surface area (Å²) in [6, 6.07) is 19.1. The average molecular weight is 447 g/mol. The Hall–Kier alpha value is -3.13. The molecule has 0 radical (unpaired) electrons. The fraction of sp³-hybridized carbons (Fsp3) is 0.200. The maximum atomic E-state index is 12.7. The Kier molecular flexibility index (Phi) is 6.90. The lowest BCUT2D eigenvalue weighted by Crippen LogP contribution is -2.40. The summed E-state index contributed by atoms with van der Waals surface area (Å²) in [5.74, 6) is 0. The van der Waals surface area contributed by atoms with Crippen molar-refractivity contribution in [1.29, 1.82) is 0 Å². The van der Waals surface area contributed by atoms with Crippen LogP contribution in [0.25, 0.3) is 21.9 Å². The van der Waals surface area contributed by atoms with E-state index in [2.05, 4.69) is 44.3 Å². The molecule has 0 unspecified atom stereocenters. The van der Waals surface area contributed by atoms with Gasteiger partial charge in [-0.3, -0.25) is 9.97 Å². The van der Waals surface area contributed by atoms with E-state index in [1.165, 1.54) is 5.56 Å². The average Bonchev–Trinajstić information content (AvgIpc) is 2.82. The van der Waals surface area contributed by atoms with Crippen molar-refractivity contribution in [3.63, 3.8) is 0 Å². The first-order chi connectivity index (χ1) is 15.5. The Morgan fingerprint density at radius 3 is 2.34 bits per heavy atom. The number of nitrogens with one attached hydrogen (secondary N) is 2. The third-order valence-electron chi connectivity index (χ3n) is 5.29. The van der Waals surface area contributed by atoms with Gasteiger partial charge in [-0.05, 0) is 72.3 Å². The van der Waals surface area contributed by atoms with E-state index in [4.69, 9.17) is 0 Å². The zero-order valence-electron chi connectivity index (χ0n) is 17.9. The molecule has 0 fully saturated rings. The molecule has 0 amide bonds. The molecule has 0 spiro atoms. The molecule has 4 rings (SSSR count). The van der Waals surface area contributed by atoms with Crippen LogP contribution in [0.1, 0.15) is 12.5 Å². The highest BCUT2D eigenvalue weighted by Gasteiger charge is 2.17. The predicted molar refractivity (Wildman–Crippen MR) is 128 cm³/mol. The Morgan fingerprint density at radius 2 is 1.56 bits per heavy atom. The molecule has 164 valence electrons. The maximum Gasteiger partial charge on any atom is 0.240 e. The Balaban J connectivity index is 1.26. The van der Waals surface area contributed by atoms with E-state index in [-0.39, 0.29) is 10.9 Å². The molecule has 2 N–H and O–H groups in total. The van der Waals surface area contributed by atoms with Gasteiger partial charge >= 0.3 is 0 Å². The molecule has 0 saturated heterocycles. The van der Waals surface area contributed by atoms with Gasteiger partial charge in [-0.25, -0.2) is 13.1 Å². The molecule has 0 aliphatic carbocycles. The number of hydrogen-bond acceptors (Lipinski definition) is 5. The van der Waals surface area contributed by atoms with E-state index in [1.807, 2.05) is 25.1 Å². The molecule has 0 aliphatic heterocycles. The molecule has 4 aromatic rings. The molecule has 7 heteroatoms. The van der Waals surface area contributed by atoms with E-state index >= 15 is 0 Å². The summed E-state index contributed by atoms with van der Waals surface area (Å²) >= 11 is 0. The van der Waals surface area contributed by atoms with Crippen molar-refractivity contribution in [3.05, 3.63) is 91.0 Å². The van der Waals surface area contributed by atoms with Crippen molar-refractivity contribution in [2.45, 2.75) is 24.3 Å². The summed E-state index contributed by atoms with van der Waals surface area (Å²) in [7, 11) is -3.59. The molecular formula is C25H26N4O2S. The first-order valence-corrected chi connectivity index (χ1v) is 12.1. The molecule has 0 bridgehead atoms. The van der Waals surface area contributed by atoms with Crippen LogP contribution in [-0.2, 0) is 16.4 Å². The van der Waals surface area contributed by atoms with Crippen molar-refractivity contribution >= 4 is 20.8 Å². The highest BCUT2D eigenvalue weighted by atomic mass is 32.2. The predicted octanol–water partition coefficient (Wildman–Crippen LogP) is 3.80. The van der Waals surface area contributed by atoms with Crippen molar-refractivity contribution in [1.82, 2.24) is 20.0 Å². The minimum Gasteiger partial charge on any atom is -0.315 e. The number of fused-ring (bicyclic) bond motifs is 1. The number of rotatable bonds is 9. The molecule has 2 aromatic carbocycles. The molecule has 32 heavy (non-hydrogen) atoms. The van der Waals surface area contributed by atoms with Gasteiger partial charge in [-0.15, -0.1) is 0 Å². The first-order valence-electron chi connectivity index (χ1n) is 10.6. The van der Waals surface area contributed by atoms with Gasteiger partial charge in [0, 0.05) is 42.8 Å². The maximum absolute atomic E-state index is 12.7. The monoisotopic (exact) mass is 446 g/mol. The quantitative estimate of drug-likeness (QED) is 0.382. The van der Waals surface area contributed by atoms with Crippen LogP contribution in [0, 0.1) is 0 Å². The number of hydrogen-bond donors (Lipinski definition) is 2. The zero-order valence-corrected chi connectivity index (χ0v) is 18.7. The second-order valence-corrected chi connectivity index (χ2v) is 9.51. The topological polar surface area (TPSA) is 84.0 Å². The molecule has 2 aromatic heterocycles. The van der Waals surface area contributed by atoms with E-state index in [9.17, 15) is 8.42 Å². The van der Waals surface area contributed by atoms with Crippen LogP contribution in [0.5, 0.6) is 0 Å². The van der Waals surface area contributed by atoms with Crippen molar-refractivity contribution in [2.24, 2.45) is 0 Å². The molecule has 1 atom stereocenters. The largest absolute Gasteiger partial charge is 0.315 e. The highest BCUT2D eigenvalue weighted by molar-refractivity contribution is 7.89. The van der Waals surface area contributed by atoms with Crippen LogP contribution in [0.4, 0.5) is 0 Å². The minimum atomic E-state index is -3.59. The van der Waals surface area contributed by atoms with Gasteiger partial charge in [0.25, 0.3) is 0 Å². The summed E-state index contributed by atoms with van der Waals surface area (Å²) in [6.45, 7) is 3.18. The number of pyridine rings is 2. The second-order valence-electron chi connectivity index (χ2n) is 7.79. The van der Waals surface area contributed by atoms with E-state index in [1.54, 1.807) is 43.0 Å². The third-order valence-corrected chi connectivity index (χ3v) is 6.87. The first kappa shape index (κ1) is 22.1. The van der Waals surface area contributed by atoms with Gasteiger partial charge in [0.15, 0.2) is 0 Å². The fourth-order valence-corrected chi connectivity index (χ4v) is 4.84. The van der Waals surface area contributed by atoms with Crippen molar-refractivity contribution < 1.29 is 8.42 Å². The van der Waals surface area contributed by atoms with Crippen LogP contribution < -0.4 is 10.0 Å². The van der Waals surface area contributed by atoms with Crippen LogP contribution in [0.15, 0.2) is 90.3 Å². The zero-order chi connectivity index (χ0) is 22.4. The van der Waals surface area contributed by atoms with Crippen molar-refractivity contribution in [3.8, 4) is 11.1 Å². The summed E-state index contributed by atoms with van der Waals surface area (Å²) in [5.41, 5.74) is 3.54. The summed E-state index contributed by atoms with van der Waals surface area (Å²) < 4.78 is 28.2. The lowest BCUT2D eigenvalue weighted by Gasteiger charge is -2.15. The summed E-state index contributed by atoms with van der Waals surface area (Å²) in [5, 5.41) is 5.10. The number of nitrogens with zero attached hydrogens (tertiary/aromatic N) is 2. The van der Waals surface area contributed by atoms with E-state index in [0.29, 0.717) is 6.54 Å². The van der Waals surface area contributed by atoms with Gasteiger partial charge in [-0.1, -0.05) is 30.3 Å².